The van der Waals surface area contributed by atoms with E-state index < -0.39 is 0 Å². The number of fused-ring (bicyclic) bond motifs is 1. The van der Waals surface area contributed by atoms with E-state index in [2.05, 4.69) is 27.6 Å². The zero-order valence-electron chi connectivity index (χ0n) is 19.3. The predicted octanol–water partition coefficient (Wildman–Crippen LogP) is 2.98. The molecule has 3 aromatic heterocycles. The van der Waals surface area contributed by atoms with E-state index in [9.17, 15) is 4.79 Å². The summed E-state index contributed by atoms with van der Waals surface area (Å²) in [5.74, 6) is 0.663. The minimum atomic E-state index is -0.0732. The van der Waals surface area contributed by atoms with Crippen molar-refractivity contribution in [3.05, 3.63) is 82.1 Å². The Hall–Kier alpha value is -3.52. The highest BCUT2D eigenvalue weighted by Crippen LogP contribution is 2.31. The van der Waals surface area contributed by atoms with Crippen molar-refractivity contribution < 1.29 is 4.74 Å². The maximum atomic E-state index is 12.0. The molecule has 33 heavy (non-hydrogen) atoms. The first kappa shape index (κ1) is 21.3. The largest absolute Gasteiger partial charge is 0.377 e. The molecule has 0 amide bonds. The van der Waals surface area contributed by atoms with Crippen molar-refractivity contribution in [2.24, 2.45) is 7.05 Å². The Bertz CT molecular complexity index is 1310. The third-order valence-corrected chi connectivity index (χ3v) is 6.75. The van der Waals surface area contributed by atoms with E-state index in [1.165, 1.54) is 11.6 Å². The van der Waals surface area contributed by atoms with Crippen LogP contribution in [0.4, 0.5) is 0 Å². The lowest BCUT2D eigenvalue weighted by Crippen LogP contribution is -2.32. The molecule has 8 heteroatoms. The van der Waals surface area contributed by atoms with E-state index in [0.29, 0.717) is 25.1 Å². The Morgan fingerprint density at radius 1 is 1.18 bits per heavy atom. The molecule has 0 saturated carbocycles. The van der Waals surface area contributed by atoms with Gasteiger partial charge in [-0.2, -0.15) is 5.10 Å². The molecule has 2 aliphatic rings. The molecule has 0 N–H and O–H groups in total. The van der Waals surface area contributed by atoms with Gasteiger partial charge in [0.1, 0.15) is 5.82 Å². The minimum absolute atomic E-state index is 0.0732. The lowest BCUT2D eigenvalue weighted by Gasteiger charge is -2.33. The van der Waals surface area contributed by atoms with Crippen molar-refractivity contribution in [2.75, 3.05) is 19.8 Å². The lowest BCUT2D eigenvalue weighted by atomic mass is 10.00. The highest BCUT2D eigenvalue weighted by Gasteiger charge is 2.25. The summed E-state index contributed by atoms with van der Waals surface area (Å²) in [6, 6.07) is 6.02. The summed E-state index contributed by atoms with van der Waals surface area (Å²) >= 11 is 0. The molecule has 1 saturated heterocycles. The highest BCUT2D eigenvalue weighted by molar-refractivity contribution is 5.66. The lowest BCUT2D eigenvalue weighted by molar-refractivity contribution is -0.0278. The van der Waals surface area contributed by atoms with Crippen LogP contribution in [0.15, 0.2) is 59.4 Å². The molecule has 0 unspecified atom stereocenters. The molecule has 8 nitrogen and oxygen atoms in total. The summed E-state index contributed by atoms with van der Waals surface area (Å²) in [6.07, 6.45) is 6.21. The predicted molar refractivity (Wildman–Crippen MR) is 126 cm³/mol. The van der Waals surface area contributed by atoms with Gasteiger partial charge in [-0.05, 0) is 42.7 Å². The number of rotatable bonds is 5. The van der Waals surface area contributed by atoms with Crippen molar-refractivity contribution in [1.82, 2.24) is 29.2 Å². The molecule has 0 bridgehead atoms. The average molecular weight is 445 g/mol. The standard InChI is InChI=1S/C25H28N6O2/c1-16(17(2)25-26-8-6-24(32)29(25)4)18(3)30-10-7-22-20(13-30)11-19(12-27-22)23-5-9-28-31(23)21-14-33-15-21/h5-6,8-9,11-12,21H,3,7,10,13-15H2,1-2,4H3/b17-16-. The van der Waals surface area contributed by atoms with Crippen molar-refractivity contribution in [1.29, 1.82) is 0 Å². The summed E-state index contributed by atoms with van der Waals surface area (Å²) in [7, 11) is 1.75. The molecule has 0 aliphatic carbocycles. The van der Waals surface area contributed by atoms with Crippen LogP contribution in [0.1, 0.15) is 37.0 Å². The van der Waals surface area contributed by atoms with Gasteiger partial charge in [0, 0.05) is 68.2 Å². The number of hydrogen-bond donors (Lipinski definition) is 0. The summed E-state index contributed by atoms with van der Waals surface area (Å²) in [5.41, 5.74) is 7.31. The normalized spacial score (nSPS) is 16.8. The van der Waals surface area contributed by atoms with Crippen LogP contribution in [0.25, 0.3) is 16.8 Å². The average Bonchev–Trinajstić information content (AvgIpc) is 3.26. The number of aromatic nitrogens is 5. The van der Waals surface area contributed by atoms with E-state index in [1.807, 2.05) is 37.0 Å². The van der Waals surface area contributed by atoms with Gasteiger partial charge in [0.25, 0.3) is 5.56 Å². The van der Waals surface area contributed by atoms with Crippen molar-refractivity contribution in [2.45, 2.75) is 32.9 Å². The second kappa shape index (κ2) is 8.44. The van der Waals surface area contributed by atoms with Crippen molar-refractivity contribution >= 4 is 5.57 Å². The van der Waals surface area contributed by atoms with Gasteiger partial charge < -0.3 is 9.64 Å². The van der Waals surface area contributed by atoms with Gasteiger partial charge in [-0.25, -0.2) is 4.98 Å². The molecule has 1 fully saturated rings. The van der Waals surface area contributed by atoms with Crippen LogP contribution in [0.3, 0.4) is 0 Å². The van der Waals surface area contributed by atoms with Crippen LogP contribution in [-0.4, -0.2) is 49.0 Å². The van der Waals surface area contributed by atoms with Gasteiger partial charge >= 0.3 is 0 Å². The molecular weight excluding hydrogens is 416 g/mol. The molecule has 170 valence electrons. The third-order valence-electron chi connectivity index (χ3n) is 6.75. The molecule has 3 aromatic rings. The molecule has 2 aliphatic heterocycles. The third kappa shape index (κ3) is 3.80. The second-order valence-electron chi connectivity index (χ2n) is 8.72. The number of pyridine rings is 1. The molecule has 0 atom stereocenters. The number of hydrogen-bond acceptors (Lipinski definition) is 6. The van der Waals surface area contributed by atoms with Crippen LogP contribution >= 0.6 is 0 Å². The molecule has 0 aromatic carbocycles. The Labute approximate surface area is 192 Å². The first-order valence-corrected chi connectivity index (χ1v) is 11.2. The zero-order chi connectivity index (χ0) is 23.1. The topological polar surface area (TPSA) is 78.1 Å². The Morgan fingerprint density at radius 3 is 2.76 bits per heavy atom. The number of ether oxygens (including phenoxy) is 1. The molecular formula is C25H28N6O2. The van der Waals surface area contributed by atoms with Crippen molar-refractivity contribution in [3.63, 3.8) is 0 Å². The maximum Gasteiger partial charge on any atom is 0.253 e. The molecule has 5 rings (SSSR count). The van der Waals surface area contributed by atoms with E-state index in [1.54, 1.807) is 17.8 Å². The fourth-order valence-corrected chi connectivity index (χ4v) is 4.44. The van der Waals surface area contributed by atoms with Gasteiger partial charge in [0.2, 0.25) is 0 Å². The van der Waals surface area contributed by atoms with Crippen LogP contribution in [0.2, 0.25) is 0 Å². The maximum absolute atomic E-state index is 12.0. The Kier molecular flexibility index (Phi) is 5.46. The van der Waals surface area contributed by atoms with Gasteiger partial charge in [0.05, 0.1) is 24.9 Å². The molecule has 0 radical (unpaired) electrons. The van der Waals surface area contributed by atoms with Gasteiger partial charge in [-0.15, -0.1) is 0 Å². The van der Waals surface area contributed by atoms with E-state index in [4.69, 9.17) is 9.72 Å². The summed E-state index contributed by atoms with van der Waals surface area (Å²) in [6.45, 7) is 11.4. The van der Waals surface area contributed by atoms with Gasteiger partial charge in [-0.1, -0.05) is 6.58 Å². The SMILES string of the molecule is C=C(/C(C)=C(/C)c1nccc(=O)n1C)N1CCc2ncc(-c3ccnn3C3COC3)cc2C1. The second-order valence-corrected chi connectivity index (χ2v) is 8.72. The van der Waals surface area contributed by atoms with Crippen LogP contribution < -0.4 is 5.56 Å². The van der Waals surface area contributed by atoms with Crippen LogP contribution in [0.5, 0.6) is 0 Å². The Balaban J connectivity index is 1.41. The van der Waals surface area contributed by atoms with E-state index in [-0.39, 0.29) is 5.56 Å². The zero-order valence-corrected chi connectivity index (χ0v) is 19.3. The fourth-order valence-electron chi connectivity index (χ4n) is 4.44. The molecule has 0 spiro atoms. The van der Waals surface area contributed by atoms with Crippen LogP contribution in [-0.2, 0) is 24.8 Å². The summed E-state index contributed by atoms with van der Waals surface area (Å²) in [4.78, 5) is 23.5. The van der Waals surface area contributed by atoms with Gasteiger partial charge in [0.15, 0.2) is 0 Å². The molecule has 5 heterocycles. The highest BCUT2D eigenvalue weighted by atomic mass is 16.5. The number of nitrogens with zero attached hydrogens (tertiary/aromatic N) is 6. The van der Waals surface area contributed by atoms with Gasteiger partial charge in [-0.3, -0.25) is 19.0 Å². The van der Waals surface area contributed by atoms with Crippen LogP contribution in [0, 0.1) is 0 Å². The number of allylic oxidation sites excluding steroid dienone is 2. The summed E-state index contributed by atoms with van der Waals surface area (Å²) < 4.78 is 8.96. The first-order chi connectivity index (χ1) is 15.9. The van der Waals surface area contributed by atoms with Crippen molar-refractivity contribution in [3.8, 4) is 11.3 Å². The fraction of sp³-hybridized carbons (Fsp3) is 0.360. The minimum Gasteiger partial charge on any atom is -0.377 e. The van der Waals surface area contributed by atoms with E-state index >= 15 is 0 Å². The quantitative estimate of drug-likeness (QED) is 0.563. The Morgan fingerprint density at radius 2 is 2.00 bits per heavy atom. The van der Waals surface area contributed by atoms with E-state index in [0.717, 1.165) is 53.3 Å². The summed E-state index contributed by atoms with van der Waals surface area (Å²) in [5, 5.41) is 4.50. The smallest absolute Gasteiger partial charge is 0.253 e. The first-order valence-electron chi connectivity index (χ1n) is 11.2. The monoisotopic (exact) mass is 444 g/mol.